The van der Waals surface area contributed by atoms with Gasteiger partial charge in [0, 0.05) is 31.6 Å². The molecule has 0 bridgehead atoms. The summed E-state index contributed by atoms with van der Waals surface area (Å²) in [6, 6.07) is 0.420. The minimum absolute atomic E-state index is 0.0691. The van der Waals surface area contributed by atoms with Crippen LogP contribution >= 0.6 is 0 Å². The van der Waals surface area contributed by atoms with Gasteiger partial charge >= 0.3 is 6.09 Å². The summed E-state index contributed by atoms with van der Waals surface area (Å²) in [6.45, 7) is 23.5. The molecule has 6 heteroatoms. The summed E-state index contributed by atoms with van der Waals surface area (Å²) < 4.78 is 12.2. The van der Waals surface area contributed by atoms with E-state index < -0.39 is 13.9 Å². The lowest BCUT2D eigenvalue weighted by atomic mass is 10.1. The fraction of sp³-hybridized carbons (Fsp3) is 0.947. The molecule has 5 nitrogen and oxygen atoms in total. The first kappa shape index (κ1) is 22.4. The predicted octanol–water partition coefficient (Wildman–Crippen LogP) is 4.24. The third kappa shape index (κ3) is 6.91. The first-order chi connectivity index (χ1) is 11.1. The average molecular weight is 373 g/mol. The zero-order valence-corrected chi connectivity index (χ0v) is 19.0. The monoisotopic (exact) mass is 372 g/mol. The SMILES string of the molecule is CC(C)NCC1CN(C(=O)OC(C)(C)C)CC1O[Si](C)(C)C(C)(C)C. The smallest absolute Gasteiger partial charge is 0.410 e. The maximum atomic E-state index is 12.5. The van der Waals surface area contributed by atoms with Crippen LogP contribution in [0.3, 0.4) is 0 Å². The molecule has 1 aliphatic heterocycles. The molecular weight excluding hydrogens is 332 g/mol. The Morgan fingerprint density at radius 2 is 1.72 bits per heavy atom. The van der Waals surface area contributed by atoms with Gasteiger partial charge in [-0.15, -0.1) is 0 Å². The van der Waals surface area contributed by atoms with Crippen molar-refractivity contribution in [3.05, 3.63) is 0 Å². The van der Waals surface area contributed by atoms with Gasteiger partial charge in [0.25, 0.3) is 0 Å². The zero-order valence-electron chi connectivity index (χ0n) is 18.0. The van der Waals surface area contributed by atoms with Crippen LogP contribution in [0.1, 0.15) is 55.4 Å². The number of nitrogens with zero attached hydrogens (tertiary/aromatic N) is 1. The average Bonchev–Trinajstić information content (AvgIpc) is 2.75. The van der Waals surface area contributed by atoms with Gasteiger partial charge in [-0.1, -0.05) is 34.6 Å². The van der Waals surface area contributed by atoms with Crippen LogP contribution in [0.25, 0.3) is 0 Å². The lowest BCUT2D eigenvalue weighted by Gasteiger charge is -2.39. The fourth-order valence-corrected chi connectivity index (χ4v) is 3.97. The van der Waals surface area contributed by atoms with Gasteiger partial charge in [-0.05, 0) is 38.9 Å². The number of rotatable bonds is 5. The molecule has 0 saturated carbocycles. The summed E-state index contributed by atoms with van der Waals surface area (Å²) in [5.41, 5.74) is -0.471. The summed E-state index contributed by atoms with van der Waals surface area (Å²) >= 11 is 0. The molecule has 25 heavy (non-hydrogen) atoms. The molecule has 2 atom stereocenters. The van der Waals surface area contributed by atoms with Gasteiger partial charge in [0.1, 0.15) is 5.60 Å². The van der Waals surface area contributed by atoms with Crippen molar-refractivity contribution in [1.29, 1.82) is 0 Å². The largest absolute Gasteiger partial charge is 0.444 e. The molecule has 1 amide bonds. The second-order valence-corrected chi connectivity index (χ2v) is 14.9. The maximum absolute atomic E-state index is 12.5. The van der Waals surface area contributed by atoms with Crippen LogP contribution in [-0.2, 0) is 9.16 Å². The van der Waals surface area contributed by atoms with Gasteiger partial charge in [-0.2, -0.15) is 0 Å². The Bertz CT molecular complexity index is 453. The van der Waals surface area contributed by atoms with E-state index in [2.05, 4.69) is 53.0 Å². The number of hydrogen-bond acceptors (Lipinski definition) is 4. The van der Waals surface area contributed by atoms with Gasteiger partial charge in [-0.25, -0.2) is 4.79 Å². The number of carbonyl (C=O) groups excluding carboxylic acids is 1. The summed E-state index contributed by atoms with van der Waals surface area (Å²) in [5, 5.41) is 3.66. The van der Waals surface area contributed by atoms with Gasteiger partial charge in [-0.3, -0.25) is 0 Å². The topological polar surface area (TPSA) is 50.8 Å². The van der Waals surface area contributed by atoms with Crippen molar-refractivity contribution in [3.8, 4) is 0 Å². The summed E-state index contributed by atoms with van der Waals surface area (Å²) in [6.07, 6.45) is -0.164. The second kappa shape index (κ2) is 7.97. The molecule has 0 spiro atoms. The van der Waals surface area contributed by atoms with E-state index in [9.17, 15) is 4.79 Å². The first-order valence-electron chi connectivity index (χ1n) is 9.51. The number of hydrogen-bond donors (Lipinski definition) is 1. The number of amides is 1. The normalized spacial score (nSPS) is 22.6. The van der Waals surface area contributed by atoms with Crippen LogP contribution in [0, 0.1) is 5.92 Å². The fourth-order valence-electron chi connectivity index (χ4n) is 2.59. The Kier molecular flexibility index (Phi) is 7.15. The Balaban J connectivity index is 2.85. The van der Waals surface area contributed by atoms with E-state index in [1.807, 2.05) is 25.7 Å². The molecule has 0 aromatic carbocycles. The first-order valence-corrected chi connectivity index (χ1v) is 12.4. The molecule has 0 aromatic heterocycles. The third-order valence-electron chi connectivity index (χ3n) is 5.07. The molecule has 2 unspecified atom stereocenters. The highest BCUT2D eigenvalue weighted by Crippen LogP contribution is 2.39. The maximum Gasteiger partial charge on any atom is 0.410 e. The van der Waals surface area contributed by atoms with Crippen LogP contribution in [-0.4, -0.2) is 56.7 Å². The molecule has 1 heterocycles. The van der Waals surface area contributed by atoms with E-state index in [0.717, 1.165) is 6.54 Å². The number of likely N-dealkylation sites (tertiary alicyclic amines) is 1. The molecule has 1 saturated heterocycles. The molecule has 0 aliphatic carbocycles. The second-order valence-electron chi connectivity index (χ2n) is 10.1. The lowest BCUT2D eigenvalue weighted by molar-refractivity contribution is 0.0272. The highest BCUT2D eigenvalue weighted by Gasteiger charge is 2.44. The Labute approximate surface area is 156 Å². The van der Waals surface area contributed by atoms with Crippen molar-refractivity contribution in [1.82, 2.24) is 10.2 Å². The van der Waals surface area contributed by atoms with Crippen molar-refractivity contribution < 1.29 is 14.0 Å². The number of ether oxygens (including phenoxy) is 1. The minimum atomic E-state index is -1.89. The van der Waals surface area contributed by atoms with Crippen molar-refractivity contribution >= 4 is 14.4 Å². The van der Waals surface area contributed by atoms with Gasteiger partial charge in [0.05, 0.1) is 6.10 Å². The van der Waals surface area contributed by atoms with Crippen LogP contribution < -0.4 is 5.32 Å². The molecule has 1 fully saturated rings. The molecule has 1 aliphatic rings. The van der Waals surface area contributed by atoms with E-state index >= 15 is 0 Å². The standard InChI is InChI=1S/C19H40N2O3Si/c1-14(2)20-11-15-12-21(17(22)23-18(3,4)5)13-16(15)24-25(9,10)19(6,7)8/h14-16,20H,11-13H2,1-10H3. The molecule has 0 radical (unpaired) electrons. The minimum Gasteiger partial charge on any atom is -0.444 e. The third-order valence-corrected chi connectivity index (χ3v) is 9.58. The van der Waals surface area contributed by atoms with E-state index in [0.29, 0.717) is 25.0 Å². The molecular formula is C19H40N2O3Si. The summed E-state index contributed by atoms with van der Waals surface area (Å²) in [7, 11) is -1.89. The van der Waals surface area contributed by atoms with Crippen molar-refractivity contribution in [3.63, 3.8) is 0 Å². The summed E-state index contributed by atoms with van der Waals surface area (Å²) in [5.74, 6) is 0.295. The van der Waals surface area contributed by atoms with E-state index in [4.69, 9.17) is 9.16 Å². The highest BCUT2D eigenvalue weighted by atomic mass is 28.4. The van der Waals surface area contributed by atoms with Crippen LogP contribution in [0.15, 0.2) is 0 Å². The highest BCUT2D eigenvalue weighted by molar-refractivity contribution is 6.74. The van der Waals surface area contributed by atoms with Gasteiger partial charge in [0.2, 0.25) is 0 Å². The number of nitrogens with one attached hydrogen (secondary N) is 1. The number of carbonyl (C=O) groups is 1. The zero-order chi connectivity index (χ0) is 19.6. The lowest BCUT2D eigenvalue weighted by Crippen LogP contribution is -2.47. The van der Waals surface area contributed by atoms with Crippen molar-refractivity contribution in [2.24, 2.45) is 5.92 Å². The molecule has 0 aromatic rings. The molecule has 148 valence electrons. The van der Waals surface area contributed by atoms with E-state index in [-0.39, 0.29) is 17.2 Å². The van der Waals surface area contributed by atoms with Gasteiger partial charge < -0.3 is 19.4 Å². The quantitative estimate of drug-likeness (QED) is 0.733. The van der Waals surface area contributed by atoms with E-state index in [1.165, 1.54) is 0 Å². The molecule has 1 rings (SSSR count). The van der Waals surface area contributed by atoms with Crippen LogP contribution in [0.4, 0.5) is 4.79 Å². The van der Waals surface area contributed by atoms with Crippen molar-refractivity contribution in [2.45, 2.75) is 91.3 Å². The van der Waals surface area contributed by atoms with E-state index in [1.54, 1.807) is 0 Å². The Morgan fingerprint density at radius 1 is 1.16 bits per heavy atom. The van der Waals surface area contributed by atoms with Gasteiger partial charge in [0.15, 0.2) is 8.32 Å². The Morgan fingerprint density at radius 3 is 2.16 bits per heavy atom. The molecule has 1 N–H and O–H groups in total. The van der Waals surface area contributed by atoms with Crippen molar-refractivity contribution in [2.75, 3.05) is 19.6 Å². The van der Waals surface area contributed by atoms with Crippen LogP contribution in [0.5, 0.6) is 0 Å². The predicted molar refractivity (Wildman–Crippen MR) is 107 cm³/mol. The van der Waals surface area contributed by atoms with Crippen LogP contribution in [0.2, 0.25) is 18.1 Å². The summed E-state index contributed by atoms with van der Waals surface area (Å²) in [4.78, 5) is 14.3. The Hall–Kier alpha value is -0.593.